The second kappa shape index (κ2) is 6.39. The lowest BCUT2D eigenvalue weighted by molar-refractivity contribution is 0.0931. The van der Waals surface area contributed by atoms with Gasteiger partial charge in [0.2, 0.25) is 0 Å². The third kappa shape index (κ3) is 3.85. The molecule has 1 aromatic rings. The van der Waals surface area contributed by atoms with Crippen molar-refractivity contribution in [3.63, 3.8) is 0 Å². The molecule has 18 heavy (non-hydrogen) atoms. The molecule has 1 aromatic carbocycles. The summed E-state index contributed by atoms with van der Waals surface area (Å²) in [6.45, 7) is 4.74. The molecule has 0 radical (unpaired) electrons. The van der Waals surface area contributed by atoms with Gasteiger partial charge in [-0.05, 0) is 43.7 Å². The molecule has 0 aromatic heterocycles. The molecule has 1 fully saturated rings. The molecule has 0 saturated heterocycles. The molecule has 2 rings (SSSR count). The van der Waals surface area contributed by atoms with Crippen molar-refractivity contribution in [3.8, 4) is 0 Å². The number of carbonyl (C=O) groups is 1. The highest BCUT2D eigenvalue weighted by atomic mass is 32.2. The van der Waals surface area contributed by atoms with Crippen LogP contribution in [-0.2, 0) is 0 Å². The van der Waals surface area contributed by atoms with Crippen molar-refractivity contribution in [2.75, 3.05) is 25.9 Å². The minimum Gasteiger partial charge on any atom is -0.296 e. The predicted molar refractivity (Wildman–Crippen MR) is 77.4 cm³/mol. The van der Waals surface area contributed by atoms with E-state index < -0.39 is 0 Å². The molecule has 0 amide bonds. The first kappa shape index (κ1) is 13.6. The average molecular weight is 263 g/mol. The molecule has 98 valence electrons. The Balaban J connectivity index is 1.91. The highest BCUT2D eigenvalue weighted by Crippen LogP contribution is 2.29. The van der Waals surface area contributed by atoms with Crippen LogP contribution in [0.1, 0.15) is 30.1 Å². The van der Waals surface area contributed by atoms with Crippen LogP contribution in [0.3, 0.4) is 0 Å². The van der Waals surface area contributed by atoms with E-state index in [1.165, 1.54) is 17.7 Å². The molecule has 2 nitrogen and oxygen atoms in total. The van der Waals surface area contributed by atoms with Gasteiger partial charge in [-0.25, -0.2) is 0 Å². The van der Waals surface area contributed by atoms with E-state index in [0.717, 1.165) is 24.6 Å². The molecule has 0 N–H and O–H groups in total. The molecule has 1 saturated carbocycles. The lowest BCUT2D eigenvalue weighted by Crippen LogP contribution is -2.31. The standard InChI is InChI=1S/C15H21NOS/c1-3-16(10-12-4-5-12)11-15(17)13-6-8-14(18-2)9-7-13/h6-9,12H,3-5,10-11H2,1-2H3. The van der Waals surface area contributed by atoms with E-state index in [-0.39, 0.29) is 5.78 Å². The van der Waals surface area contributed by atoms with Crippen LogP contribution >= 0.6 is 11.8 Å². The number of benzene rings is 1. The molecule has 1 aliphatic carbocycles. The zero-order valence-electron chi connectivity index (χ0n) is 11.2. The van der Waals surface area contributed by atoms with E-state index in [4.69, 9.17) is 0 Å². The molecule has 0 aliphatic heterocycles. The lowest BCUT2D eigenvalue weighted by Gasteiger charge is -2.19. The molecule has 0 atom stereocenters. The number of hydrogen-bond acceptors (Lipinski definition) is 3. The van der Waals surface area contributed by atoms with Gasteiger partial charge in [0, 0.05) is 17.0 Å². The summed E-state index contributed by atoms with van der Waals surface area (Å²) in [5.74, 6) is 1.08. The lowest BCUT2D eigenvalue weighted by atomic mass is 10.1. The van der Waals surface area contributed by atoms with Gasteiger partial charge < -0.3 is 0 Å². The molecular weight excluding hydrogens is 242 g/mol. The highest BCUT2D eigenvalue weighted by Gasteiger charge is 2.24. The highest BCUT2D eigenvalue weighted by molar-refractivity contribution is 7.98. The third-order valence-corrected chi connectivity index (χ3v) is 4.18. The van der Waals surface area contributed by atoms with Crippen LogP contribution in [0.15, 0.2) is 29.2 Å². The fourth-order valence-electron chi connectivity index (χ4n) is 2.04. The normalized spacial score (nSPS) is 15.1. The predicted octanol–water partition coefficient (Wildman–Crippen LogP) is 3.32. The average Bonchev–Trinajstić information content (AvgIpc) is 3.22. The van der Waals surface area contributed by atoms with Crippen molar-refractivity contribution < 1.29 is 4.79 Å². The van der Waals surface area contributed by atoms with Crippen LogP contribution in [0.5, 0.6) is 0 Å². The summed E-state index contributed by atoms with van der Waals surface area (Å²) in [6.07, 6.45) is 4.73. The van der Waals surface area contributed by atoms with Crippen LogP contribution in [0.2, 0.25) is 0 Å². The first-order valence-electron chi connectivity index (χ1n) is 6.62. The smallest absolute Gasteiger partial charge is 0.176 e. The zero-order chi connectivity index (χ0) is 13.0. The van der Waals surface area contributed by atoms with Crippen molar-refractivity contribution in [1.82, 2.24) is 4.90 Å². The summed E-state index contributed by atoms with van der Waals surface area (Å²) in [5.41, 5.74) is 0.835. The largest absolute Gasteiger partial charge is 0.296 e. The van der Waals surface area contributed by atoms with E-state index >= 15 is 0 Å². The minimum absolute atomic E-state index is 0.241. The number of hydrogen-bond donors (Lipinski definition) is 0. The maximum absolute atomic E-state index is 12.2. The number of thioether (sulfide) groups is 1. The minimum atomic E-state index is 0.241. The summed E-state index contributed by atoms with van der Waals surface area (Å²) in [5, 5.41) is 0. The molecule has 0 unspecified atom stereocenters. The summed E-state index contributed by atoms with van der Waals surface area (Å²) in [4.78, 5) is 15.6. The van der Waals surface area contributed by atoms with Crippen LogP contribution in [0, 0.1) is 5.92 Å². The number of likely N-dealkylation sites (N-methyl/N-ethyl adjacent to an activating group) is 1. The quantitative estimate of drug-likeness (QED) is 0.556. The number of carbonyl (C=O) groups excluding carboxylic acids is 1. The van der Waals surface area contributed by atoms with Gasteiger partial charge in [0.15, 0.2) is 5.78 Å². The van der Waals surface area contributed by atoms with Gasteiger partial charge in [-0.1, -0.05) is 19.1 Å². The molecule has 1 aliphatic rings. The van der Waals surface area contributed by atoms with Crippen LogP contribution in [0.4, 0.5) is 0 Å². The Kier molecular flexibility index (Phi) is 4.84. The Morgan fingerprint density at radius 3 is 2.50 bits per heavy atom. The van der Waals surface area contributed by atoms with Crippen LogP contribution in [-0.4, -0.2) is 36.6 Å². The van der Waals surface area contributed by atoms with Gasteiger partial charge >= 0.3 is 0 Å². The van der Waals surface area contributed by atoms with Crippen LogP contribution < -0.4 is 0 Å². The number of ketones is 1. The maximum Gasteiger partial charge on any atom is 0.176 e. The van der Waals surface area contributed by atoms with Gasteiger partial charge in [-0.2, -0.15) is 0 Å². The monoisotopic (exact) mass is 263 g/mol. The molecular formula is C15H21NOS. The van der Waals surface area contributed by atoms with Crippen molar-refractivity contribution in [2.24, 2.45) is 5.92 Å². The van der Waals surface area contributed by atoms with E-state index in [9.17, 15) is 4.79 Å². The topological polar surface area (TPSA) is 20.3 Å². The Bertz CT molecular complexity index is 397. The molecule has 0 heterocycles. The summed E-state index contributed by atoms with van der Waals surface area (Å²) < 4.78 is 0. The van der Waals surface area contributed by atoms with Crippen molar-refractivity contribution in [3.05, 3.63) is 29.8 Å². The van der Waals surface area contributed by atoms with E-state index in [0.29, 0.717) is 6.54 Å². The molecule has 0 bridgehead atoms. The Hall–Kier alpha value is -0.800. The van der Waals surface area contributed by atoms with E-state index in [2.05, 4.69) is 11.8 Å². The zero-order valence-corrected chi connectivity index (χ0v) is 12.0. The summed E-state index contributed by atoms with van der Waals surface area (Å²) >= 11 is 1.70. The first-order valence-corrected chi connectivity index (χ1v) is 7.85. The SMILES string of the molecule is CCN(CC(=O)c1ccc(SC)cc1)CC1CC1. The Morgan fingerprint density at radius 1 is 1.33 bits per heavy atom. The fourth-order valence-corrected chi connectivity index (χ4v) is 2.45. The second-order valence-electron chi connectivity index (χ2n) is 4.92. The molecule has 0 spiro atoms. The summed E-state index contributed by atoms with van der Waals surface area (Å²) in [7, 11) is 0. The maximum atomic E-state index is 12.2. The van der Waals surface area contributed by atoms with Gasteiger partial charge in [-0.15, -0.1) is 11.8 Å². The van der Waals surface area contributed by atoms with Gasteiger partial charge in [0.05, 0.1) is 6.54 Å². The van der Waals surface area contributed by atoms with E-state index in [1.807, 2.05) is 30.5 Å². The van der Waals surface area contributed by atoms with E-state index in [1.54, 1.807) is 11.8 Å². The first-order chi connectivity index (χ1) is 8.72. The third-order valence-electron chi connectivity index (χ3n) is 3.44. The van der Waals surface area contributed by atoms with Crippen molar-refractivity contribution in [1.29, 1.82) is 0 Å². The Morgan fingerprint density at radius 2 is 2.00 bits per heavy atom. The molecule has 3 heteroatoms. The second-order valence-corrected chi connectivity index (χ2v) is 5.80. The van der Waals surface area contributed by atoms with Crippen molar-refractivity contribution in [2.45, 2.75) is 24.7 Å². The van der Waals surface area contributed by atoms with Crippen LogP contribution in [0.25, 0.3) is 0 Å². The van der Waals surface area contributed by atoms with Crippen molar-refractivity contribution >= 4 is 17.5 Å². The van der Waals surface area contributed by atoms with Gasteiger partial charge in [0.25, 0.3) is 0 Å². The Labute approximate surface area is 114 Å². The van der Waals surface area contributed by atoms with Gasteiger partial charge in [0.1, 0.15) is 0 Å². The van der Waals surface area contributed by atoms with Gasteiger partial charge in [-0.3, -0.25) is 9.69 Å². The number of rotatable bonds is 7. The number of Topliss-reactive ketones (excluding diaryl/α,β-unsaturated/α-hetero) is 1. The summed E-state index contributed by atoms with van der Waals surface area (Å²) in [6, 6.07) is 7.93. The number of nitrogens with zero attached hydrogens (tertiary/aromatic N) is 1. The fraction of sp³-hybridized carbons (Fsp3) is 0.533.